The summed E-state index contributed by atoms with van der Waals surface area (Å²) in [5, 5.41) is 3.39. The van der Waals surface area contributed by atoms with Gasteiger partial charge in [0.1, 0.15) is 12.6 Å². The van der Waals surface area contributed by atoms with Crippen LogP contribution >= 0.6 is 11.6 Å². The topological polar surface area (TPSA) is 86.8 Å². The molecule has 0 saturated carbocycles. The summed E-state index contributed by atoms with van der Waals surface area (Å²) in [6, 6.07) is 18.2. The Morgan fingerprint density at radius 1 is 0.925 bits per heavy atom. The Labute approximate surface area is 243 Å². The number of halogens is 1. The van der Waals surface area contributed by atoms with E-state index in [1.807, 2.05) is 39.8 Å². The summed E-state index contributed by atoms with van der Waals surface area (Å²) < 4.78 is 29.1. The van der Waals surface area contributed by atoms with Gasteiger partial charge in [0.05, 0.1) is 10.6 Å². The zero-order chi connectivity index (χ0) is 29.4. The fourth-order valence-corrected chi connectivity index (χ4v) is 6.02. The first-order valence-electron chi connectivity index (χ1n) is 13.4. The molecule has 0 aliphatic carbocycles. The first kappa shape index (κ1) is 31.2. The molecule has 214 valence electrons. The highest BCUT2D eigenvalue weighted by molar-refractivity contribution is 7.92. The lowest BCUT2D eigenvalue weighted by molar-refractivity contribution is -0.139. The Balaban J connectivity index is 2.03. The highest BCUT2D eigenvalue weighted by Gasteiger charge is 2.32. The summed E-state index contributed by atoms with van der Waals surface area (Å²) in [6.07, 6.45) is 1.73. The summed E-state index contributed by atoms with van der Waals surface area (Å²) in [4.78, 5) is 28.5. The van der Waals surface area contributed by atoms with E-state index in [0.29, 0.717) is 17.3 Å². The molecule has 3 rings (SSSR count). The number of benzene rings is 3. The van der Waals surface area contributed by atoms with E-state index in [9.17, 15) is 18.0 Å². The van der Waals surface area contributed by atoms with Gasteiger partial charge in [-0.15, -0.1) is 0 Å². The highest BCUT2D eigenvalue weighted by atomic mass is 35.5. The van der Waals surface area contributed by atoms with E-state index < -0.39 is 28.5 Å². The van der Waals surface area contributed by atoms with Crippen LogP contribution in [0, 0.1) is 20.8 Å². The number of amides is 2. The number of hydrogen-bond acceptors (Lipinski definition) is 4. The van der Waals surface area contributed by atoms with E-state index in [0.717, 1.165) is 39.4 Å². The molecule has 0 fully saturated rings. The Hall–Kier alpha value is -3.36. The van der Waals surface area contributed by atoms with Crippen molar-refractivity contribution in [3.8, 4) is 0 Å². The van der Waals surface area contributed by atoms with Crippen LogP contribution in [0.1, 0.15) is 48.9 Å². The molecule has 3 aromatic carbocycles. The van der Waals surface area contributed by atoms with Crippen LogP contribution in [0.2, 0.25) is 5.02 Å². The Morgan fingerprint density at radius 3 is 2.17 bits per heavy atom. The van der Waals surface area contributed by atoms with Gasteiger partial charge in [0, 0.05) is 18.1 Å². The Morgan fingerprint density at radius 2 is 1.57 bits per heavy atom. The minimum absolute atomic E-state index is 0.0804. The van der Waals surface area contributed by atoms with Gasteiger partial charge < -0.3 is 10.2 Å². The average molecular weight is 584 g/mol. The molecule has 0 spiro atoms. The Kier molecular flexibility index (Phi) is 10.8. The third kappa shape index (κ3) is 8.08. The number of carbonyl (C=O) groups is 2. The van der Waals surface area contributed by atoms with Crippen LogP contribution in [-0.2, 0) is 26.2 Å². The molecule has 1 unspecified atom stereocenters. The number of nitrogens with one attached hydrogen (secondary N) is 1. The van der Waals surface area contributed by atoms with Gasteiger partial charge in [-0.25, -0.2) is 8.42 Å². The van der Waals surface area contributed by atoms with Crippen LogP contribution in [0.15, 0.2) is 71.6 Å². The number of rotatable bonds is 12. The fraction of sp³-hybridized carbons (Fsp3) is 0.355. The maximum absolute atomic E-state index is 14.0. The molecule has 9 heteroatoms. The van der Waals surface area contributed by atoms with Gasteiger partial charge in [0.15, 0.2) is 0 Å². The summed E-state index contributed by atoms with van der Waals surface area (Å²) in [6.45, 7) is 9.42. The lowest BCUT2D eigenvalue weighted by atomic mass is 10.1. The maximum atomic E-state index is 14.0. The van der Waals surface area contributed by atoms with Crippen molar-refractivity contribution in [1.82, 2.24) is 10.2 Å². The average Bonchev–Trinajstić information content (AvgIpc) is 2.89. The molecule has 1 atom stereocenters. The molecule has 2 amide bonds. The fourth-order valence-electron chi connectivity index (χ4n) is 4.41. The van der Waals surface area contributed by atoms with Gasteiger partial charge in [-0.05, 0) is 87.2 Å². The molecule has 0 bridgehead atoms. The number of carbonyl (C=O) groups excluding carboxylic acids is 2. The van der Waals surface area contributed by atoms with Gasteiger partial charge in [-0.3, -0.25) is 13.9 Å². The summed E-state index contributed by atoms with van der Waals surface area (Å²) in [7, 11) is -4.11. The number of anilines is 1. The summed E-state index contributed by atoms with van der Waals surface area (Å²) >= 11 is 6.20. The molecule has 0 heterocycles. The van der Waals surface area contributed by atoms with E-state index in [-0.39, 0.29) is 17.3 Å². The number of nitrogens with zero attached hydrogens (tertiary/aromatic N) is 2. The third-order valence-electron chi connectivity index (χ3n) is 6.62. The van der Waals surface area contributed by atoms with E-state index >= 15 is 0 Å². The SMILES string of the molecule is CCCCNC(=O)C(C)N(Cc1cccc(Cl)c1)C(=O)CN(c1cc(C)cc(C)c1)S(=O)(=O)c1ccc(C)cc1. The van der Waals surface area contributed by atoms with E-state index in [1.54, 1.807) is 61.5 Å². The van der Waals surface area contributed by atoms with Crippen LogP contribution in [-0.4, -0.2) is 44.3 Å². The zero-order valence-electron chi connectivity index (χ0n) is 23.8. The van der Waals surface area contributed by atoms with Crippen molar-refractivity contribution in [2.45, 2.75) is 64.9 Å². The molecule has 0 radical (unpaired) electrons. The largest absolute Gasteiger partial charge is 0.354 e. The van der Waals surface area contributed by atoms with E-state index in [2.05, 4.69) is 5.32 Å². The molecule has 3 aromatic rings. The van der Waals surface area contributed by atoms with Gasteiger partial charge in [-0.1, -0.05) is 60.8 Å². The predicted octanol–water partition coefficient (Wildman–Crippen LogP) is 5.79. The van der Waals surface area contributed by atoms with Crippen molar-refractivity contribution in [3.05, 3.63) is 94.0 Å². The maximum Gasteiger partial charge on any atom is 0.264 e. The second-order valence-corrected chi connectivity index (χ2v) is 12.4. The smallest absolute Gasteiger partial charge is 0.264 e. The zero-order valence-corrected chi connectivity index (χ0v) is 25.3. The van der Waals surface area contributed by atoms with Gasteiger partial charge >= 0.3 is 0 Å². The molecule has 0 aromatic heterocycles. The van der Waals surface area contributed by atoms with Crippen molar-refractivity contribution < 1.29 is 18.0 Å². The molecule has 1 N–H and O–H groups in total. The van der Waals surface area contributed by atoms with Crippen molar-refractivity contribution >= 4 is 39.1 Å². The highest BCUT2D eigenvalue weighted by Crippen LogP contribution is 2.27. The van der Waals surface area contributed by atoms with Crippen molar-refractivity contribution in [3.63, 3.8) is 0 Å². The second-order valence-electron chi connectivity index (χ2n) is 10.1. The van der Waals surface area contributed by atoms with Crippen LogP contribution < -0.4 is 9.62 Å². The van der Waals surface area contributed by atoms with Gasteiger partial charge in [0.2, 0.25) is 11.8 Å². The van der Waals surface area contributed by atoms with Crippen LogP contribution in [0.4, 0.5) is 5.69 Å². The predicted molar refractivity (Wildman–Crippen MR) is 161 cm³/mol. The number of unbranched alkanes of at least 4 members (excludes halogenated alkanes) is 1. The van der Waals surface area contributed by atoms with Crippen molar-refractivity contribution in [2.75, 3.05) is 17.4 Å². The normalized spacial score (nSPS) is 12.1. The Bertz CT molecular complexity index is 1420. The molecule has 0 aliphatic rings. The minimum Gasteiger partial charge on any atom is -0.354 e. The number of hydrogen-bond donors (Lipinski definition) is 1. The minimum atomic E-state index is -4.11. The van der Waals surface area contributed by atoms with Crippen molar-refractivity contribution in [2.24, 2.45) is 0 Å². The first-order valence-corrected chi connectivity index (χ1v) is 15.2. The standard InChI is InChI=1S/C31H38ClN3O4S/c1-6-7-15-33-31(37)25(5)34(20-26-9-8-10-27(32)19-26)30(36)21-35(28-17-23(3)16-24(4)18-28)40(38,39)29-13-11-22(2)12-14-29/h8-14,16-19,25H,6-7,15,20-21H2,1-5H3,(H,33,37). The summed E-state index contributed by atoms with van der Waals surface area (Å²) in [5.41, 5.74) is 3.77. The molecular formula is C31H38ClN3O4S. The molecule has 0 saturated heterocycles. The first-order chi connectivity index (χ1) is 18.9. The van der Waals surface area contributed by atoms with E-state index in [4.69, 9.17) is 11.6 Å². The van der Waals surface area contributed by atoms with Crippen LogP contribution in [0.5, 0.6) is 0 Å². The molecule has 0 aliphatic heterocycles. The van der Waals surface area contributed by atoms with E-state index in [1.165, 1.54) is 4.90 Å². The lowest BCUT2D eigenvalue weighted by Crippen LogP contribution is -2.51. The van der Waals surface area contributed by atoms with Gasteiger partial charge in [-0.2, -0.15) is 0 Å². The van der Waals surface area contributed by atoms with Crippen molar-refractivity contribution in [1.29, 1.82) is 0 Å². The van der Waals surface area contributed by atoms with Crippen LogP contribution in [0.25, 0.3) is 0 Å². The number of sulfonamides is 1. The quantitative estimate of drug-likeness (QED) is 0.273. The number of aryl methyl sites for hydroxylation is 3. The van der Waals surface area contributed by atoms with Gasteiger partial charge in [0.25, 0.3) is 10.0 Å². The monoisotopic (exact) mass is 583 g/mol. The molecular weight excluding hydrogens is 546 g/mol. The second kappa shape index (κ2) is 13.8. The molecule has 40 heavy (non-hydrogen) atoms. The summed E-state index contributed by atoms with van der Waals surface area (Å²) in [5.74, 6) is -0.809. The van der Waals surface area contributed by atoms with Crippen LogP contribution in [0.3, 0.4) is 0 Å². The third-order valence-corrected chi connectivity index (χ3v) is 8.64. The lowest BCUT2D eigenvalue weighted by Gasteiger charge is -2.32. The molecule has 7 nitrogen and oxygen atoms in total.